The monoisotopic (exact) mass is 379 g/mol. The molecule has 1 atom stereocenters. The van der Waals surface area contributed by atoms with Gasteiger partial charge in [-0.2, -0.15) is 0 Å². The molecule has 8 nitrogen and oxygen atoms in total. The highest BCUT2D eigenvalue weighted by Crippen LogP contribution is 2.31. The van der Waals surface area contributed by atoms with E-state index in [1.807, 2.05) is 20.8 Å². The highest BCUT2D eigenvalue weighted by Gasteiger charge is 2.28. The largest absolute Gasteiger partial charge is 0.444 e. The topological polar surface area (TPSA) is 105 Å². The fraction of sp³-hybridized carbons (Fsp3) is 0.632. The number of nitrogens with one attached hydrogen (secondary N) is 1. The van der Waals surface area contributed by atoms with Crippen LogP contribution in [0.2, 0.25) is 0 Å². The van der Waals surface area contributed by atoms with Gasteiger partial charge in [-0.15, -0.1) is 0 Å². The van der Waals surface area contributed by atoms with Gasteiger partial charge in [0.2, 0.25) is 0 Å². The van der Waals surface area contributed by atoms with Crippen molar-refractivity contribution in [3.63, 3.8) is 0 Å². The second-order valence-corrected chi connectivity index (χ2v) is 7.99. The Morgan fingerprint density at radius 2 is 2.11 bits per heavy atom. The van der Waals surface area contributed by atoms with E-state index in [-0.39, 0.29) is 24.4 Å². The van der Waals surface area contributed by atoms with E-state index in [0.29, 0.717) is 29.9 Å². The molecule has 1 aromatic carbocycles. The number of aryl methyl sites for hydroxylation is 1. The SMILES string of the molecule is Cc1cc(CO)cc([N+](=O)[O-])c1NC1CCCCN(C(=O)OC(C)(C)C)C1. The van der Waals surface area contributed by atoms with Crippen LogP contribution in [0.25, 0.3) is 0 Å². The van der Waals surface area contributed by atoms with Crippen molar-refractivity contribution in [2.45, 2.75) is 65.2 Å². The lowest BCUT2D eigenvalue weighted by Crippen LogP contribution is -2.42. The summed E-state index contributed by atoms with van der Waals surface area (Å²) in [6, 6.07) is 3.01. The summed E-state index contributed by atoms with van der Waals surface area (Å²) in [6.45, 7) is 8.04. The molecule has 1 fully saturated rings. The van der Waals surface area contributed by atoms with E-state index in [4.69, 9.17) is 4.74 Å². The summed E-state index contributed by atoms with van der Waals surface area (Å²) in [5, 5.41) is 24.1. The van der Waals surface area contributed by atoms with Gasteiger partial charge in [-0.1, -0.05) is 6.07 Å². The van der Waals surface area contributed by atoms with Crippen molar-refractivity contribution in [2.24, 2.45) is 0 Å². The maximum atomic E-state index is 12.4. The highest BCUT2D eigenvalue weighted by atomic mass is 16.6. The van der Waals surface area contributed by atoms with Crippen molar-refractivity contribution in [3.05, 3.63) is 33.4 Å². The molecule has 1 aliphatic heterocycles. The van der Waals surface area contributed by atoms with E-state index >= 15 is 0 Å². The molecule has 1 saturated heterocycles. The number of carbonyl (C=O) groups excluding carboxylic acids is 1. The van der Waals surface area contributed by atoms with Crippen molar-refractivity contribution >= 4 is 17.5 Å². The van der Waals surface area contributed by atoms with Crippen molar-refractivity contribution < 1.29 is 19.6 Å². The number of nitro benzene ring substituents is 1. The summed E-state index contributed by atoms with van der Waals surface area (Å²) in [5.41, 5.74) is 1.00. The Morgan fingerprint density at radius 1 is 1.41 bits per heavy atom. The Morgan fingerprint density at radius 3 is 2.70 bits per heavy atom. The number of benzene rings is 1. The van der Waals surface area contributed by atoms with E-state index in [1.165, 1.54) is 6.07 Å². The zero-order valence-electron chi connectivity index (χ0n) is 16.4. The maximum Gasteiger partial charge on any atom is 0.410 e. The number of hydrogen-bond acceptors (Lipinski definition) is 6. The fourth-order valence-electron chi connectivity index (χ4n) is 3.22. The lowest BCUT2D eigenvalue weighted by molar-refractivity contribution is -0.384. The summed E-state index contributed by atoms with van der Waals surface area (Å²) < 4.78 is 5.47. The number of anilines is 1. The van der Waals surface area contributed by atoms with Gasteiger partial charge in [0.15, 0.2) is 0 Å². The Hall–Kier alpha value is -2.35. The average Bonchev–Trinajstić information content (AvgIpc) is 2.80. The molecule has 1 unspecified atom stereocenters. The Labute approximate surface area is 159 Å². The van der Waals surface area contributed by atoms with Crippen molar-refractivity contribution in [3.8, 4) is 0 Å². The second-order valence-electron chi connectivity index (χ2n) is 7.99. The molecule has 0 aromatic heterocycles. The van der Waals surface area contributed by atoms with Gasteiger partial charge in [-0.3, -0.25) is 10.1 Å². The minimum Gasteiger partial charge on any atom is -0.444 e. The molecule has 0 aliphatic carbocycles. The van der Waals surface area contributed by atoms with Crippen LogP contribution in [0.4, 0.5) is 16.2 Å². The molecule has 1 heterocycles. The molecule has 1 aliphatic rings. The first-order valence-corrected chi connectivity index (χ1v) is 9.24. The van der Waals surface area contributed by atoms with Gasteiger partial charge in [-0.25, -0.2) is 4.79 Å². The number of aliphatic hydroxyl groups excluding tert-OH is 1. The van der Waals surface area contributed by atoms with Crippen LogP contribution in [0, 0.1) is 17.0 Å². The molecule has 2 N–H and O–H groups in total. The van der Waals surface area contributed by atoms with Crippen molar-refractivity contribution in [1.29, 1.82) is 0 Å². The molecule has 2 rings (SSSR count). The quantitative estimate of drug-likeness (QED) is 0.612. The third-order valence-electron chi connectivity index (χ3n) is 4.43. The van der Waals surface area contributed by atoms with Gasteiger partial charge in [0.25, 0.3) is 5.69 Å². The van der Waals surface area contributed by atoms with Gasteiger partial charge in [-0.05, 0) is 58.1 Å². The Kier molecular flexibility index (Phi) is 6.64. The molecule has 150 valence electrons. The number of hydrogen-bond donors (Lipinski definition) is 2. The predicted octanol–water partition coefficient (Wildman–Crippen LogP) is 3.60. The Balaban J connectivity index is 2.21. The summed E-state index contributed by atoms with van der Waals surface area (Å²) >= 11 is 0. The van der Waals surface area contributed by atoms with Crippen molar-refractivity contribution in [1.82, 2.24) is 4.90 Å². The number of likely N-dealkylation sites (tertiary alicyclic amines) is 1. The number of rotatable bonds is 4. The van der Waals surface area contributed by atoms with Crippen LogP contribution in [-0.4, -0.2) is 45.8 Å². The van der Waals surface area contributed by atoms with Crippen LogP contribution < -0.4 is 5.32 Å². The first kappa shape index (κ1) is 21.0. The minimum absolute atomic E-state index is 0.0629. The van der Waals surface area contributed by atoms with Crippen LogP contribution >= 0.6 is 0 Å². The first-order chi connectivity index (χ1) is 12.6. The summed E-state index contributed by atoms with van der Waals surface area (Å²) in [6.07, 6.45) is 2.22. The molecule has 0 saturated carbocycles. The molecule has 0 bridgehead atoms. The average molecular weight is 379 g/mol. The number of ether oxygens (including phenoxy) is 1. The van der Waals surface area contributed by atoms with Crippen LogP contribution in [0.3, 0.4) is 0 Å². The van der Waals surface area contributed by atoms with E-state index in [9.17, 15) is 20.0 Å². The smallest absolute Gasteiger partial charge is 0.410 e. The van der Waals surface area contributed by atoms with E-state index in [2.05, 4.69) is 5.32 Å². The van der Waals surface area contributed by atoms with Gasteiger partial charge in [0, 0.05) is 25.2 Å². The van der Waals surface area contributed by atoms with Crippen LogP contribution in [-0.2, 0) is 11.3 Å². The molecular weight excluding hydrogens is 350 g/mol. The van der Waals surface area contributed by atoms with Gasteiger partial charge in [0.1, 0.15) is 11.3 Å². The zero-order chi connectivity index (χ0) is 20.2. The van der Waals surface area contributed by atoms with Gasteiger partial charge in [0.05, 0.1) is 11.5 Å². The first-order valence-electron chi connectivity index (χ1n) is 9.24. The molecule has 1 aromatic rings. The Bertz CT molecular complexity index is 699. The number of nitrogens with zero attached hydrogens (tertiary/aromatic N) is 2. The lowest BCUT2D eigenvalue weighted by Gasteiger charge is -2.29. The molecule has 0 radical (unpaired) electrons. The highest BCUT2D eigenvalue weighted by molar-refractivity contribution is 5.69. The summed E-state index contributed by atoms with van der Waals surface area (Å²) in [5.74, 6) is 0. The number of nitro groups is 1. The van der Waals surface area contributed by atoms with E-state index in [0.717, 1.165) is 19.3 Å². The third kappa shape index (κ3) is 5.82. The second kappa shape index (κ2) is 8.56. The summed E-state index contributed by atoms with van der Waals surface area (Å²) in [4.78, 5) is 25.1. The lowest BCUT2D eigenvalue weighted by atomic mass is 10.1. The number of carbonyl (C=O) groups is 1. The molecule has 0 spiro atoms. The number of amides is 1. The van der Waals surface area contributed by atoms with Crippen molar-refractivity contribution in [2.75, 3.05) is 18.4 Å². The minimum atomic E-state index is -0.568. The predicted molar refractivity (Wildman–Crippen MR) is 103 cm³/mol. The number of aliphatic hydroxyl groups is 1. The zero-order valence-corrected chi connectivity index (χ0v) is 16.4. The standard InChI is InChI=1S/C19H29N3O5/c1-13-9-14(12-23)10-16(22(25)26)17(13)20-15-7-5-6-8-21(11-15)18(24)27-19(2,3)4/h9-10,15,20,23H,5-8,11-12H2,1-4H3. The van der Waals surface area contributed by atoms with Crippen LogP contribution in [0.5, 0.6) is 0 Å². The van der Waals surface area contributed by atoms with E-state index in [1.54, 1.807) is 17.9 Å². The van der Waals surface area contributed by atoms with E-state index < -0.39 is 10.5 Å². The fourth-order valence-corrected chi connectivity index (χ4v) is 3.22. The van der Waals surface area contributed by atoms with Crippen LogP contribution in [0.15, 0.2) is 12.1 Å². The maximum absolute atomic E-state index is 12.4. The normalized spacial score (nSPS) is 18.0. The van der Waals surface area contributed by atoms with Crippen LogP contribution in [0.1, 0.15) is 51.2 Å². The third-order valence-corrected chi connectivity index (χ3v) is 4.43. The molecule has 8 heteroatoms. The molecular formula is C19H29N3O5. The van der Waals surface area contributed by atoms with Gasteiger partial charge < -0.3 is 20.1 Å². The molecule has 1 amide bonds. The summed E-state index contributed by atoms with van der Waals surface area (Å²) in [7, 11) is 0. The molecule has 27 heavy (non-hydrogen) atoms. The van der Waals surface area contributed by atoms with Gasteiger partial charge >= 0.3 is 6.09 Å².